The van der Waals surface area contributed by atoms with E-state index in [-0.39, 0.29) is 6.42 Å². The third-order valence-electron chi connectivity index (χ3n) is 1.36. The molecule has 6 heteroatoms. The Morgan fingerprint density at radius 1 is 1.50 bits per heavy atom. The van der Waals surface area contributed by atoms with E-state index in [2.05, 4.69) is 4.18 Å². The van der Waals surface area contributed by atoms with Crippen LogP contribution >= 0.6 is 0 Å². The van der Waals surface area contributed by atoms with E-state index in [1.807, 2.05) is 0 Å². The van der Waals surface area contributed by atoms with E-state index in [1.54, 1.807) is 6.92 Å². The fourth-order valence-corrected chi connectivity index (χ4v) is 1.29. The molecule has 0 amide bonds. The van der Waals surface area contributed by atoms with Crippen molar-refractivity contribution in [2.45, 2.75) is 38.9 Å². The van der Waals surface area contributed by atoms with Crippen molar-refractivity contribution in [2.24, 2.45) is 0 Å². The summed E-state index contributed by atoms with van der Waals surface area (Å²) in [6.45, 7) is 3.23. The zero-order chi connectivity index (χ0) is 9.78. The van der Waals surface area contributed by atoms with Crippen LogP contribution in [0.15, 0.2) is 0 Å². The minimum absolute atomic E-state index is 0.191. The van der Waals surface area contributed by atoms with Gasteiger partial charge in [0, 0.05) is 6.42 Å². The topological polar surface area (TPSA) is 83.8 Å². The predicted molar refractivity (Wildman–Crippen MR) is 43.0 cm³/mol. The highest BCUT2D eigenvalue weighted by Crippen LogP contribution is 2.07. The summed E-state index contributed by atoms with van der Waals surface area (Å²) in [4.78, 5) is 0. The van der Waals surface area contributed by atoms with Gasteiger partial charge in [-0.2, -0.15) is 8.42 Å². The van der Waals surface area contributed by atoms with Crippen molar-refractivity contribution in [3.8, 4) is 0 Å². The number of hydrogen-bond donors (Lipinski definition) is 2. The van der Waals surface area contributed by atoms with Gasteiger partial charge in [-0.05, 0) is 13.3 Å². The first-order chi connectivity index (χ1) is 5.35. The third-order valence-corrected chi connectivity index (χ3v) is 1.93. The van der Waals surface area contributed by atoms with Gasteiger partial charge in [0.15, 0.2) is 0 Å². The van der Waals surface area contributed by atoms with Crippen LogP contribution in [0.1, 0.15) is 26.7 Å². The molecule has 0 aliphatic carbocycles. The number of hydrogen-bond acceptors (Lipinski definition) is 4. The fraction of sp³-hybridized carbons (Fsp3) is 1.00. The molecule has 0 saturated carbocycles. The first-order valence-electron chi connectivity index (χ1n) is 3.69. The Morgan fingerprint density at radius 3 is 2.33 bits per heavy atom. The predicted octanol–water partition coefficient (Wildman–Crippen LogP) is 0.355. The lowest BCUT2D eigenvalue weighted by Crippen LogP contribution is -2.20. The SMILES string of the molecule is CCC(O)CC(C)OS(=O)(=O)O. The van der Waals surface area contributed by atoms with Gasteiger partial charge in [-0.15, -0.1) is 0 Å². The first-order valence-corrected chi connectivity index (χ1v) is 5.05. The molecule has 0 aliphatic rings. The minimum Gasteiger partial charge on any atom is -0.393 e. The van der Waals surface area contributed by atoms with Gasteiger partial charge < -0.3 is 5.11 Å². The van der Waals surface area contributed by atoms with Gasteiger partial charge >= 0.3 is 10.4 Å². The van der Waals surface area contributed by atoms with Crippen LogP contribution < -0.4 is 0 Å². The van der Waals surface area contributed by atoms with Gasteiger partial charge in [0.1, 0.15) is 0 Å². The second-order valence-electron chi connectivity index (χ2n) is 2.63. The van der Waals surface area contributed by atoms with Crippen molar-refractivity contribution in [1.82, 2.24) is 0 Å². The van der Waals surface area contributed by atoms with Gasteiger partial charge in [-0.1, -0.05) is 6.92 Å². The van der Waals surface area contributed by atoms with Crippen molar-refractivity contribution in [3.05, 3.63) is 0 Å². The molecule has 0 saturated heterocycles. The maximum absolute atomic E-state index is 10.2. The average Bonchev–Trinajstić information content (AvgIpc) is 1.82. The molecule has 0 aliphatic heterocycles. The molecule has 2 unspecified atom stereocenters. The largest absolute Gasteiger partial charge is 0.397 e. The maximum Gasteiger partial charge on any atom is 0.397 e. The molecule has 5 nitrogen and oxygen atoms in total. The lowest BCUT2D eigenvalue weighted by Gasteiger charge is -2.13. The van der Waals surface area contributed by atoms with Gasteiger partial charge in [0.2, 0.25) is 0 Å². The van der Waals surface area contributed by atoms with Crippen LogP contribution in [-0.4, -0.2) is 30.3 Å². The van der Waals surface area contributed by atoms with Crippen LogP contribution in [-0.2, 0) is 14.6 Å². The molecule has 0 aromatic carbocycles. The lowest BCUT2D eigenvalue weighted by molar-refractivity contribution is 0.0968. The van der Waals surface area contributed by atoms with Crippen LogP contribution in [0.25, 0.3) is 0 Å². The molecule has 0 bridgehead atoms. The molecule has 0 aromatic rings. The van der Waals surface area contributed by atoms with Gasteiger partial charge in [0.25, 0.3) is 0 Å². The Labute approximate surface area is 72.3 Å². The summed E-state index contributed by atoms with van der Waals surface area (Å²) in [5.74, 6) is 0. The Hall–Kier alpha value is -0.170. The van der Waals surface area contributed by atoms with Crippen molar-refractivity contribution in [3.63, 3.8) is 0 Å². The summed E-state index contributed by atoms with van der Waals surface area (Å²) in [6, 6.07) is 0. The van der Waals surface area contributed by atoms with E-state index >= 15 is 0 Å². The minimum atomic E-state index is -4.39. The second-order valence-corrected chi connectivity index (χ2v) is 3.68. The van der Waals surface area contributed by atoms with E-state index in [9.17, 15) is 8.42 Å². The molecule has 0 radical (unpaired) electrons. The van der Waals surface area contributed by atoms with E-state index in [0.29, 0.717) is 6.42 Å². The van der Waals surface area contributed by atoms with E-state index in [1.165, 1.54) is 6.92 Å². The van der Waals surface area contributed by atoms with Crippen LogP contribution in [0.3, 0.4) is 0 Å². The van der Waals surface area contributed by atoms with Crippen molar-refractivity contribution in [2.75, 3.05) is 0 Å². The summed E-state index contributed by atoms with van der Waals surface area (Å²) in [5, 5.41) is 9.07. The summed E-state index contributed by atoms with van der Waals surface area (Å²) >= 11 is 0. The smallest absolute Gasteiger partial charge is 0.393 e. The number of rotatable bonds is 5. The first kappa shape index (κ1) is 11.8. The highest BCUT2D eigenvalue weighted by atomic mass is 32.3. The van der Waals surface area contributed by atoms with E-state index in [4.69, 9.17) is 9.66 Å². The van der Waals surface area contributed by atoms with Crippen molar-refractivity contribution >= 4 is 10.4 Å². The zero-order valence-electron chi connectivity index (χ0n) is 7.10. The fourth-order valence-electron chi connectivity index (χ4n) is 0.797. The molecule has 0 aromatic heterocycles. The zero-order valence-corrected chi connectivity index (χ0v) is 7.91. The number of aliphatic hydroxyl groups excluding tert-OH is 1. The molecule has 2 N–H and O–H groups in total. The van der Waals surface area contributed by atoms with Gasteiger partial charge in [-0.3, -0.25) is 4.55 Å². The summed E-state index contributed by atoms with van der Waals surface area (Å²) in [6.07, 6.45) is -0.577. The molecule has 0 spiro atoms. The highest BCUT2D eigenvalue weighted by Gasteiger charge is 2.15. The average molecular weight is 198 g/mol. The lowest BCUT2D eigenvalue weighted by atomic mass is 10.1. The Balaban J connectivity index is 3.82. The summed E-state index contributed by atoms with van der Waals surface area (Å²) in [5.41, 5.74) is 0. The second kappa shape index (κ2) is 4.76. The molecule has 12 heavy (non-hydrogen) atoms. The third kappa shape index (κ3) is 6.53. The van der Waals surface area contributed by atoms with Crippen LogP contribution in [0.4, 0.5) is 0 Å². The molecule has 0 fully saturated rings. The maximum atomic E-state index is 10.2. The summed E-state index contributed by atoms with van der Waals surface area (Å²) in [7, 11) is -4.39. The van der Waals surface area contributed by atoms with Crippen molar-refractivity contribution < 1.29 is 22.3 Å². The Kier molecular flexibility index (Phi) is 4.69. The molecule has 0 heterocycles. The highest BCUT2D eigenvalue weighted by molar-refractivity contribution is 7.80. The monoisotopic (exact) mass is 198 g/mol. The Morgan fingerprint density at radius 2 is 2.00 bits per heavy atom. The molecule has 2 atom stereocenters. The molecule has 0 rings (SSSR count). The van der Waals surface area contributed by atoms with E-state index < -0.39 is 22.6 Å². The van der Waals surface area contributed by atoms with Crippen LogP contribution in [0.5, 0.6) is 0 Å². The standard InChI is InChI=1S/C6H14O5S/c1-3-6(7)4-5(2)11-12(8,9)10/h5-7H,3-4H2,1-2H3,(H,8,9,10). The molecular weight excluding hydrogens is 184 g/mol. The van der Waals surface area contributed by atoms with Crippen LogP contribution in [0, 0.1) is 0 Å². The molecule has 74 valence electrons. The normalized spacial score (nSPS) is 17.3. The Bertz CT molecular complexity index is 210. The number of aliphatic hydroxyl groups is 1. The van der Waals surface area contributed by atoms with Gasteiger partial charge in [-0.25, -0.2) is 4.18 Å². The van der Waals surface area contributed by atoms with E-state index in [0.717, 1.165) is 0 Å². The summed E-state index contributed by atoms with van der Waals surface area (Å²) < 4.78 is 32.7. The molecular formula is C6H14O5S. The van der Waals surface area contributed by atoms with Gasteiger partial charge in [0.05, 0.1) is 12.2 Å². The quantitative estimate of drug-likeness (QED) is 0.623. The van der Waals surface area contributed by atoms with Crippen LogP contribution in [0.2, 0.25) is 0 Å². The van der Waals surface area contributed by atoms with Crippen molar-refractivity contribution in [1.29, 1.82) is 0 Å².